The largest absolute Gasteiger partial charge is 0.480 e. The highest BCUT2D eigenvalue weighted by Crippen LogP contribution is 2.20. The number of carbonyl (C=O) groups is 2. The Balaban J connectivity index is 2.48. The van der Waals surface area contributed by atoms with Gasteiger partial charge in [-0.1, -0.05) is 6.92 Å². The fourth-order valence-electron chi connectivity index (χ4n) is 1.80. The number of carbonyl (C=O) groups excluding carboxylic acids is 1. The molecule has 1 rings (SSSR count). The highest BCUT2D eigenvalue weighted by atomic mass is 16.5. The van der Waals surface area contributed by atoms with Gasteiger partial charge in [-0.3, -0.25) is 4.79 Å². The maximum Gasteiger partial charge on any atom is 0.329 e. The van der Waals surface area contributed by atoms with Crippen LogP contribution in [0.3, 0.4) is 0 Å². The molecule has 6 heteroatoms. The van der Waals surface area contributed by atoms with Gasteiger partial charge in [-0.25, -0.2) is 4.79 Å². The molecule has 1 aliphatic heterocycles. The molecule has 0 aromatic carbocycles. The first-order valence-corrected chi connectivity index (χ1v) is 5.93. The Labute approximate surface area is 101 Å². The van der Waals surface area contributed by atoms with Crippen LogP contribution in [0.2, 0.25) is 0 Å². The smallest absolute Gasteiger partial charge is 0.329 e. The third-order valence-corrected chi connectivity index (χ3v) is 2.85. The van der Waals surface area contributed by atoms with Gasteiger partial charge in [-0.05, 0) is 13.0 Å². The lowest BCUT2D eigenvalue weighted by Gasteiger charge is -2.33. The van der Waals surface area contributed by atoms with Crippen molar-refractivity contribution in [2.24, 2.45) is 0 Å². The molecule has 1 saturated heterocycles. The predicted molar refractivity (Wildman–Crippen MR) is 61.7 cm³/mol. The lowest BCUT2D eigenvalue weighted by atomic mass is 9.90. The highest BCUT2D eigenvalue weighted by Gasteiger charge is 2.41. The van der Waals surface area contributed by atoms with Crippen LogP contribution in [-0.4, -0.2) is 48.8 Å². The van der Waals surface area contributed by atoms with Crippen molar-refractivity contribution < 1.29 is 19.4 Å². The predicted octanol–water partition coefficient (Wildman–Crippen LogP) is -0.264. The molecule has 0 atom stereocenters. The average molecular weight is 244 g/mol. The van der Waals surface area contributed by atoms with E-state index in [-0.39, 0.29) is 12.5 Å². The summed E-state index contributed by atoms with van der Waals surface area (Å²) in [6.07, 6.45) is 1.58. The van der Waals surface area contributed by atoms with Crippen LogP contribution in [0, 0.1) is 0 Å². The van der Waals surface area contributed by atoms with Gasteiger partial charge in [0.25, 0.3) is 0 Å². The molecule has 0 aromatic rings. The number of aliphatic carboxylic acids is 1. The Morgan fingerprint density at radius 1 is 1.35 bits per heavy atom. The summed E-state index contributed by atoms with van der Waals surface area (Å²) in [4.78, 5) is 22.9. The molecular weight excluding hydrogens is 224 g/mol. The first-order chi connectivity index (χ1) is 8.10. The average Bonchev–Trinajstić information content (AvgIpc) is 2.30. The van der Waals surface area contributed by atoms with E-state index in [2.05, 4.69) is 10.6 Å². The summed E-state index contributed by atoms with van der Waals surface area (Å²) >= 11 is 0. The van der Waals surface area contributed by atoms with Crippen LogP contribution in [-0.2, 0) is 14.3 Å². The molecule has 0 radical (unpaired) electrons. The summed E-state index contributed by atoms with van der Waals surface area (Å²) in [5.41, 5.74) is -1.15. The Morgan fingerprint density at radius 3 is 2.53 bits per heavy atom. The Kier molecular flexibility index (Phi) is 5.37. The number of hydrogen-bond donors (Lipinski definition) is 3. The summed E-state index contributed by atoms with van der Waals surface area (Å²) in [7, 11) is 0. The summed E-state index contributed by atoms with van der Waals surface area (Å²) in [5, 5.41) is 14.8. The van der Waals surface area contributed by atoms with Gasteiger partial charge in [-0.2, -0.15) is 0 Å². The molecule has 1 fully saturated rings. The molecule has 0 bridgehead atoms. The molecule has 0 aliphatic carbocycles. The maximum atomic E-state index is 11.6. The number of rotatable bonds is 6. The van der Waals surface area contributed by atoms with Crippen molar-refractivity contribution in [2.45, 2.75) is 31.7 Å². The first-order valence-electron chi connectivity index (χ1n) is 5.93. The van der Waals surface area contributed by atoms with Gasteiger partial charge in [0.15, 0.2) is 0 Å². The standard InChI is InChI=1S/C11H20N2O4/c1-2-5-12-8-9(14)13-11(10(15)16)3-6-17-7-4-11/h12H,2-8H2,1H3,(H,13,14)(H,15,16). The molecule has 17 heavy (non-hydrogen) atoms. The fourth-order valence-corrected chi connectivity index (χ4v) is 1.80. The maximum absolute atomic E-state index is 11.6. The zero-order valence-corrected chi connectivity index (χ0v) is 10.1. The Hall–Kier alpha value is -1.14. The van der Waals surface area contributed by atoms with Crippen molar-refractivity contribution in [1.29, 1.82) is 0 Å². The van der Waals surface area contributed by atoms with E-state index < -0.39 is 11.5 Å². The minimum absolute atomic E-state index is 0.156. The molecule has 98 valence electrons. The van der Waals surface area contributed by atoms with E-state index in [0.717, 1.165) is 13.0 Å². The molecule has 1 aliphatic rings. The molecule has 0 unspecified atom stereocenters. The van der Waals surface area contributed by atoms with Gasteiger partial charge in [0.05, 0.1) is 6.54 Å². The number of carboxylic acid groups (broad SMARTS) is 1. The Bertz CT molecular complexity index is 275. The minimum Gasteiger partial charge on any atom is -0.480 e. The molecule has 1 amide bonds. The lowest BCUT2D eigenvalue weighted by molar-refractivity contribution is -0.152. The molecule has 6 nitrogen and oxygen atoms in total. The van der Waals surface area contributed by atoms with Crippen LogP contribution in [0.4, 0.5) is 0 Å². The highest BCUT2D eigenvalue weighted by molar-refractivity contribution is 5.88. The monoisotopic (exact) mass is 244 g/mol. The molecule has 0 saturated carbocycles. The van der Waals surface area contributed by atoms with Crippen LogP contribution < -0.4 is 10.6 Å². The van der Waals surface area contributed by atoms with Crippen molar-refractivity contribution in [3.05, 3.63) is 0 Å². The number of amides is 1. The zero-order valence-electron chi connectivity index (χ0n) is 10.1. The van der Waals surface area contributed by atoms with Crippen molar-refractivity contribution in [2.75, 3.05) is 26.3 Å². The van der Waals surface area contributed by atoms with Crippen molar-refractivity contribution in [3.8, 4) is 0 Å². The minimum atomic E-state index is -1.15. The van der Waals surface area contributed by atoms with E-state index in [9.17, 15) is 14.7 Å². The third-order valence-electron chi connectivity index (χ3n) is 2.85. The van der Waals surface area contributed by atoms with E-state index in [1.807, 2.05) is 6.92 Å². The summed E-state index contributed by atoms with van der Waals surface area (Å²) < 4.78 is 5.12. The van der Waals surface area contributed by atoms with Crippen LogP contribution in [0.5, 0.6) is 0 Å². The van der Waals surface area contributed by atoms with Gasteiger partial charge < -0.3 is 20.5 Å². The molecule has 1 heterocycles. The van der Waals surface area contributed by atoms with Crippen molar-refractivity contribution in [3.63, 3.8) is 0 Å². The van der Waals surface area contributed by atoms with Crippen molar-refractivity contribution >= 4 is 11.9 Å². The van der Waals surface area contributed by atoms with Gasteiger partial charge in [0.1, 0.15) is 5.54 Å². The number of ether oxygens (including phenoxy) is 1. The third kappa shape index (κ3) is 3.98. The van der Waals surface area contributed by atoms with E-state index in [1.165, 1.54) is 0 Å². The van der Waals surface area contributed by atoms with Crippen LogP contribution in [0.15, 0.2) is 0 Å². The van der Waals surface area contributed by atoms with Crippen molar-refractivity contribution in [1.82, 2.24) is 10.6 Å². The second-order valence-electron chi connectivity index (χ2n) is 4.22. The van der Waals surface area contributed by atoms with Crippen LogP contribution >= 0.6 is 0 Å². The van der Waals surface area contributed by atoms with E-state index in [1.54, 1.807) is 0 Å². The molecule has 0 spiro atoms. The number of nitrogens with one attached hydrogen (secondary N) is 2. The summed E-state index contributed by atoms with van der Waals surface area (Å²) in [5.74, 6) is -1.26. The SMILES string of the molecule is CCCNCC(=O)NC1(C(=O)O)CCOCC1. The lowest BCUT2D eigenvalue weighted by Crippen LogP contribution is -2.58. The van der Waals surface area contributed by atoms with Gasteiger partial charge in [-0.15, -0.1) is 0 Å². The first kappa shape index (κ1) is 13.9. The van der Waals surface area contributed by atoms with Gasteiger partial charge in [0.2, 0.25) is 5.91 Å². The molecule has 3 N–H and O–H groups in total. The normalized spacial score (nSPS) is 18.6. The number of hydrogen-bond acceptors (Lipinski definition) is 4. The molecular formula is C11H20N2O4. The topological polar surface area (TPSA) is 87.7 Å². The van der Waals surface area contributed by atoms with Gasteiger partial charge in [0, 0.05) is 26.1 Å². The van der Waals surface area contributed by atoms with E-state index in [0.29, 0.717) is 26.1 Å². The number of carboxylic acids is 1. The second-order valence-corrected chi connectivity index (χ2v) is 4.22. The van der Waals surface area contributed by atoms with E-state index >= 15 is 0 Å². The fraction of sp³-hybridized carbons (Fsp3) is 0.818. The second kappa shape index (κ2) is 6.56. The quantitative estimate of drug-likeness (QED) is 0.560. The van der Waals surface area contributed by atoms with Gasteiger partial charge >= 0.3 is 5.97 Å². The van der Waals surface area contributed by atoms with Crippen LogP contribution in [0.1, 0.15) is 26.2 Å². The molecule has 0 aromatic heterocycles. The van der Waals surface area contributed by atoms with Crippen LogP contribution in [0.25, 0.3) is 0 Å². The Morgan fingerprint density at radius 2 is 2.00 bits per heavy atom. The zero-order chi connectivity index (χ0) is 12.7. The van der Waals surface area contributed by atoms with E-state index in [4.69, 9.17) is 4.74 Å². The summed E-state index contributed by atoms with van der Waals surface area (Å²) in [6, 6.07) is 0. The summed E-state index contributed by atoms with van der Waals surface area (Å²) in [6.45, 7) is 3.65.